The number of hydrogen-bond acceptors (Lipinski definition) is 4. The third kappa shape index (κ3) is 5.80. The molecule has 0 spiro atoms. The van der Waals surface area contributed by atoms with Gasteiger partial charge in [-0.1, -0.05) is 18.2 Å². The molecule has 0 fully saturated rings. The van der Waals surface area contributed by atoms with Gasteiger partial charge in [-0.15, -0.1) is 0 Å². The Labute approximate surface area is 177 Å². The van der Waals surface area contributed by atoms with Gasteiger partial charge in [-0.05, 0) is 81.5 Å². The van der Waals surface area contributed by atoms with Crippen LogP contribution in [-0.4, -0.2) is 35.3 Å². The van der Waals surface area contributed by atoms with Gasteiger partial charge in [0, 0.05) is 13.6 Å². The maximum absolute atomic E-state index is 13.5. The summed E-state index contributed by atoms with van der Waals surface area (Å²) in [6.07, 6.45) is 0.365. The zero-order chi connectivity index (χ0) is 22.5. The first-order chi connectivity index (χ1) is 14.0. The predicted molar refractivity (Wildman–Crippen MR) is 113 cm³/mol. The molecule has 0 heterocycles. The molecule has 0 unspecified atom stereocenters. The van der Waals surface area contributed by atoms with Crippen LogP contribution in [0.2, 0.25) is 0 Å². The quantitative estimate of drug-likeness (QED) is 0.733. The molecule has 2 rings (SSSR count). The molecule has 0 aliphatic rings. The number of hydrogen-bond donors (Lipinski definition) is 1. The van der Waals surface area contributed by atoms with E-state index in [9.17, 15) is 14.3 Å². The molecule has 0 aromatic heterocycles. The van der Waals surface area contributed by atoms with Crippen LogP contribution in [0.3, 0.4) is 0 Å². The molecular weight excluding hydrogens is 383 g/mol. The van der Waals surface area contributed by atoms with Crippen molar-refractivity contribution in [3.8, 4) is 6.07 Å². The van der Waals surface area contributed by atoms with Crippen LogP contribution in [0.5, 0.6) is 0 Å². The molecule has 0 aliphatic heterocycles. The first kappa shape index (κ1) is 23.4. The van der Waals surface area contributed by atoms with Crippen molar-refractivity contribution in [2.45, 2.75) is 51.7 Å². The van der Waals surface area contributed by atoms with Gasteiger partial charge in [-0.3, -0.25) is 0 Å². The lowest BCUT2D eigenvalue weighted by atomic mass is 9.80. The number of aliphatic hydroxyl groups is 1. The van der Waals surface area contributed by atoms with E-state index in [0.717, 1.165) is 5.56 Å². The highest BCUT2D eigenvalue weighted by Crippen LogP contribution is 2.36. The molecule has 0 bridgehead atoms. The van der Waals surface area contributed by atoms with E-state index in [2.05, 4.69) is 6.07 Å². The number of benzene rings is 2. The highest BCUT2D eigenvalue weighted by molar-refractivity contribution is 5.67. The molecule has 0 radical (unpaired) electrons. The molecule has 1 amide bonds. The Morgan fingerprint density at radius 1 is 1.20 bits per heavy atom. The van der Waals surface area contributed by atoms with E-state index in [4.69, 9.17) is 10.00 Å². The zero-order valence-electron chi connectivity index (χ0n) is 18.2. The zero-order valence-corrected chi connectivity index (χ0v) is 18.2. The minimum Gasteiger partial charge on any atom is -0.444 e. The van der Waals surface area contributed by atoms with Crippen LogP contribution in [0.4, 0.5) is 9.18 Å². The molecule has 1 N–H and O–H groups in total. The van der Waals surface area contributed by atoms with Gasteiger partial charge in [-0.2, -0.15) is 5.26 Å². The third-order valence-corrected chi connectivity index (χ3v) is 4.86. The normalized spacial score (nSPS) is 13.3. The molecule has 1 atom stereocenters. The second kappa shape index (κ2) is 9.27. The van der Waals surface area contributed by atoms with Gasteiger partial charge in [0.15, 0.2) is 0 Å². The molecule has 5 nitrogen and oxygen atoms in total. The summed E-state index contributed by atoms with van der Waals surface area (Å²) in [7, 11) is 1.65. The summed E-state index contributed by atoms with van der Waals surface area (Å²) in [5.41, 5.74) is 0.494. The van der Waals surface area contributed by atoms with Crippen molar-refractivity contribution in [2.24, 2.45) is 0 Å². The van der Waals surface area contributed by atoms with Crippen LogP contribution in [0.1, 0.15) is 55.9 Å². The van der Waals surface area contributed by atoms with Crippen molar-refractivity contribution in [1.29, 1.82) is 5.26 Å². The summed E-state index contributed by atoms with van der Waals surface area (Å²) in [6.45, 7) is 7.63. The first-order valence-electron chi connectivity index (χ1n) is 9.90. The first-order valence-corrected chi connectivity index (χ1v) is 9.90. The molecule has 2 aromatic carbocycles. The van der Waals surface area contributed by atoms with E-state index in [-0.39, 0.29) is 5.82 Å². The van der Waals surface area contributed by atoms with Crippen LogP contribution in [0.15, 0.2) is 42.5 Å². The summed E-state index contributed by atoms with van der Waals surface area (Å²) in [4.78, 5) is 13.7. The Kier molecular flexibility index (Phi) is 7.22. The number of nitriles is 1. The predicted octanol–water partition coefficient (Wildman–Crippen LogP) is 4.89. The highest BCUT2D eigenvalue weighted by atomic mass is 19.1. The number of ether oxygens (including phenoxy) is 1. The van der Waals surface area contributed by atoms with Gasteiger partial charge < -0.3 is 14.7 Å². The van der Waals surface area contributed by atoms with E-state index in [1.807, 2.05) is 6.92 Å². The molecule has 0 saturated carbocycles. The summed E-state index contributed by atoms with van der Waals surface area (Å²) < 4.78 is 18.8. The van der Waals surface area contributed by atoms with Crippen LogP contribution in [-0.2, 0) is 10.3 Å². The van der Waals surface area contributed by atoms with E-state index in [1.165, 1.54) is 17.0 Å². The maximum atomic E-state index is 13.5. The monoisotopic (exact) mass is 412 g/mol. The van der Waals surface area contributed by atoms with Crippen LogP contribution in [0.25, 0.3) is 0 Å². The number of halogens is 1. The summed E-state index contributed by atoms with van der Waals surface area (Å²) in [5, 5.41) is 20.8. The van der Waals surface area contributed by atoms with Crippen LogP contribution >= 0.6 is 0 Å². The van der Waals surface area contributed by atoms with Crippen LogP contribution in [0, 0.1) is 24.1 Å². The fourth-order valence-electron chi connectivity index (χ4n) is 3.36. The van der Waals surface area contributed by atoms with Crippen molar-refractivity contribution >= 4 is 6.09 Å². The molecule has 160 valence electrons. The average Bonchev–Trinajstić information content (AvgIpc) is 2.66. The van der Waals surface area contributed by atoms with Gasteiger partial charge in [0.05, 0.1) is 11.6 Å². The number of rotatable bonds is 6. The highest BCUT2D eigenvalue weighted by Gasteiger charge is 2.33. The average molecular weight is 413 g/mol. The summed E-state index contributed by atoms with van der Waals surface area (Å²) in [5.74, 6) is -0.387. The molecular formula is C24H29FN2O3. The maximum Gasteiger partial charge on any atom is 0.410 e. The minimum absolute atomic E-state index is 0.304. The van der Waals surface area contributed by atoms with Crippen molar-refractivity contribution in [3.63, 3.8) is 0 Å². The van der Waals surface area contributed by atoms with Gasteiger partial charge >= 0.3 is 6.09 Å². The lowest BCUT2D eigenvalue weighted by molar-refractivity contribution is 0.0263. The lowest BCUT2D eigenvalue weighted by Gasteiger charge is -2.32. The van der Waals surface area contributed by atoms with Crippen molar-refractivity contribution in [2.75, 3.05) is 13.6 Å². The molecule has 0 aliphatic carbocycles. The fourth-order valence-corrected chi connectivity index (χ4v) is 3.36. The Hall–Kier alpha value is -2.91. The minimum atomic E-state index is -1.39. The lowest BCUT2D eigenvalue weighted by Crippen LogP contribution is -2.36. The van der Waals surface area contributed by atoms with Crippen LogP contribution < -0.4 is 0 Å². The SMILES string of the molecule is Cc1cc(C#N)ccc1[C@](O)(CCCN(C)C(=O)OC(C)(C)C)c1ccc(F)cc1. The van der Waals surface area contributed by atoms with Gasteiger partial charge in [-0.25, -0.2) is 9.18 Å². The van der Waals surface area contributed by atoms with E-state index >= 15 is 0 Å². The van der Waals surface area contributed by atoms with E-state index in [1.54, 1.807) is 58.2 Å². The molecule has 6 heteroatoms. The second-order valence-corrected chi connectivity index (χ2v) is 8.51. The Morgan fingerprint density at radius 3 is 2.37 bits per heavy atom. The van der Waals surface area contributed by atoms with Crippen molar-refractivity contribution in [1.82, 2.24) is 4.90 Å². The summed E-state index contributed by atoms with van der Waals surface area (Å²) in [6, 6.07) is 12.9. The van der Waals surface area contributed by atoms with E-state index in [0.29, 0.717) is 36.1 Å². The van der Waals surface area contributed by atoms with Gasteiger partial charge in [0.1, 0.15) is 17.0 Å². The number of carbonyl (C=O) groups is 1. The third-order valence-electron chi connectivity index (χ3n) is 4.86. The summed E-state index contributed by atoms with van der Waals surface area (Å²) >= 11 is 0. The second-order valence-electron chi connectivity index (χ2n) is 8.51. The number of aryl methyl sites for hydroxylation is 1. The Bertz CT molecular complexity index is 929. The number of nitrogens with zero attached hydrogens (tertiary/aromatic N) is 2. The Balaban J connectivity index is 2.26. The van der Waals surface area contributed by atoms with Gasteiger partial charge in [0.25, 0.3) is 0 Å². The van der Waals surface area contributed by atoms with E-state index < -0.39 is 17.3 Å². The molecule has 2 aromatic rings. The standard InChI is InChI=1S/C24H29FN2O3/c1-17-15-18(16-26)7-12-21(17)24(29,19-8-10-20(25)11-9-19)13-6-14-27(5)22(28)30-23(2,3)4/h7-12,15,29H,6,13-14H2,1-5H3/t24-/m0/s1. The Morgan fingerprint density at radius 2 is 1.83 bits per heavy atom. The molecule has 0 saturated heterocycles. The number of amides is 1. The van der Waals surface area contributed by atoms with Crippen molar-refractivity contribution < 1.29 is 19.0 Å². The largest absolute Gasteiger partial charge is 0.444 e. The molecule has 30 heavy (non-hydrogen) atoms. The van der Waals surface area contributed by atoms with Gasteiger partial charge in [0.2, 0.25) is 0 Å². The van der Waals surface area contributed by atoms with Crippen molar-refractivity contribution in [3.05, 3.63) is 70.5 Å². The topological polar surface area (TPSA) is 73.6 Å². The number of carbonyl (C=O) groups excluding carboxylic acids is 1. The fraction of sp³-hybridized carbons (Fsp3) is 0.417. The smallest absolute Gasteiger partial charge is 0.410 e.